The van der Waals surface area contributed by atoms with E-state index in [0.29, 0.717) is 11.3 Å². The largest absolute Gasteiger partial charge is 0.495 e. The van der Waals surface area contributed by atoms with Gasteiger partial charge in [-0.05, 0) is 38.5 Å². The summed E-state index contributed by atoms with van der Waals surface area (Å²) in [6.45, 7) is 4.48. The fourth-order valence-corrected chi connectivity index (χ4v) is 1.73. The summed E-state index contributed by atoms with van der Waals surface area (Å²) >= 11 is 0. The minimum Gasteiger partial charge on any atom is -0.495 e. The van der Waals surface area contributed by atoms with Crippen molar-refractivity contribution in [2.24, 2.45) is 5.73 Å². The van der Waals surface area contributed by atoms with Gasteiger partial charge in [0, 0.05) is 6.42 Å². The van der Waals surface area contributed by atoms with Crippen molar-refractivity contribution in [3.8, 4) is 5.75 Å². The van der Waals surface area contributed by atoms with E-state index in [9.17, 15) is 13.6 Å². The van der Waals surface area contributed by atoms with E-state index in [1.807, 2.05) is 0 Å². The Hall–Kier alpha value is -1.89. The van der Waals surface area contributed by atoms with Crippen molar-refractivity contribution in [1.29, 1.82) is 0 Å². The minimum absolute atomic E-state index is 0.274. The molecule has 22 heavy (non-hydrogen) atoms. The first kappa shape index (κ1) is 18.2. The molecule has 0 unspecified atom stereocenters. The Morgan fingerprint density at radius 1 is 1.32 bits per heavy atom. The van der Waals surface area contributed by atoms with Crippen molar-refractivity contribution in [3.05, 3.63) is 23.8 Å². The van der Waals surface area contributed by atoms with Crippen molar-refractivity contribution in [2.45, 2.75) is 38.7 Å². The number of carbonyl (C=O) groups excluding carboxylic acids is 1. The summed E-state index contributed by atoms with van der Waals surface area (Å²) in [7, 11) is 1.39. The van der Waals surface area contributed by atoms with Crippen LogP contribution < -0.4 is 15.8 Å². The molecule has 0 spiro atoms. The van der Waals surface area contributed by atoms with Gasteiger partial charge in [-0.3, -0.25) is 5.32 Å². The molecule has 0 aliphatic rings. The molecule has 1 amide bonds. The van der Waals surface area contributed by atoms with Gasteiger partial charge in [-0.1, -0.05) is 6.07 Å². The zero-order chi connectivity index (χ0) is 17.0. The lowest BCUT2D eigenvalue weighted by Gasteiger charge is -2.20. The van der Waals surface area contributed by atoms with Crippen LogP contribution in [0.3, 0.4) is 0 Å². The van der Waals surface area contributed by atoms with Gasteiger partial charge in [0.15, 0.2) is 0 Å². The molecule has 0 aliphatic heterocycles. The van der Waals surface area contributed by atoms with Gasteiger partial charge in [0.1, 0.15) is 11.4 Å². The number of alkyl halides is 2. The number of nitrogens with two attached hydrogens (primary N) is 1. The first-order chi connectivity index (χ1) is 10.1. The van der Waals surface area contributed by atoms with E-state index in [4.69, 9.17) is 15.2 Å². The number of ether oxygens (including phenoxy) is 2. The number of hydrogen-bond acceptors (Lipinski definition) is 4. The first-order valence-corrected chi connectivity index (χ1v) is 6.81. The second kappa shape index (κ2) is 6.91. The molecule has 0 saturated carbocycles. The highest BCUT2D eigenvalue weighted by Crippen LogP contribution is 2.29. The molecule has 0 heterocycles. The van der Waals surface area contributed by atoms with Crippen LogP contribution in [-0.4, -0.2) is 31.3 Å². The van der Waals surface area contributed by atoms with E-state index in [1.165, 1.54) is 25.3 Å². The Morgan fingerprint density at radius 3 is 2.45 bits per heavy atom. The third-order valence-electron chi connectivity index (χ3n) is 2.66. The van der Waals surface area contributed by atoms with Gasteiger partial charge in [0.2, 0.25) is 0 Å². The average Bonchev–Trinajstić information content (AvgIpc) is 2.38. The zero-order valence-electron chi connectivity index (χ0n) is 13.2. The van der Waals surface area contributed by atoms with E-state index >= 15 is 0 Å². The third kappa shape index (κ3) is 5.85. The molecule has 0 radical (unpaired) electrons. The molecular formula is C15H22F2N2O3. The van der Waals surface area contributed by atoms with Crippen LogP contribution >= 0.6 is 0 Å². The summed E-state index contributed by atoms with van der Waals surface area (Å²) in [5.74, 6) is -2.71. The molecular weight excluding hydrogens is 294 g/mol. The summed E-state index contributed by atoms with van der Waals surface area (Å²) in [5, 5.41) is 2.52. The lowest BCUT2D eigenvalue weighted by atomic mass is 10.1. The fourth-order valence-electron chi connectivity index (χ4n) is 1.73. The Morgan fingerprint density at radius 2 is 1.95 bits per heavy atom. The molecule has 7 heteroatoms. The second-order valence-electron chi connectivity index (χ2n) is 5.90. The van der Waals surface area contributed by atoms with Crippen LogP contribution in [0.15, 0.2) is 18.2 Å². The molecule has 1 aromatic carbocycles. The van der Waals surface area contributed by atoms with Gasteiger partial charge in [0.05, 0.1) is 19.3 Å². The molecule has 124 valence electrons. The molecule has 0 aliphatic carbocycles. The maximum Gasteiger partial charge on any atom is 0.412 e. The number of hydrogen-bond donors (Lipinski definition) is 2. The standard InChI is InChI=1S/C15H22F2N2O3/c1-14(2,3)22-13(20)19-11-6-5-10(7-12(11)21-4)8-15(16,17)9-18/h5-7H,8-9,18H2,1-4H3,(H,19,20). The molecule has 0 saturated heterocycles. The van der Waals surface area contributed by atoms with E-state index in [2.05, 4.69) is 5.32 Å². The molecule has 0 aromatic heterocycles. The van der Waals surface area contributed by atoms with Crippen LogP contribution in [0, 0.1) is 0 Å². The summed E-state index contributed by atoms with van der Waals surface area (Å²) in [4.78, 5) is 11.7. The monoisotopic (exact) mass is 316 g/mol. The molecule has 1 aromatic rings. The highest BCUT2D eigenvalue weighted by atomic mass is 19.3. The summed E-state index contributed by atoms with van der Waals surface area (Å²) < 4.78 is 36.9. The van der Waals surface area contributed by atoms with Gasteiger partial charge in [-0.15, -0.1) is 0 Å². The zero-order valence-corrected chi connectivity index (χ0v) is 13.2. The highest BCUT2D eigenvalue weighted by molar-refractivity contribution is 5.87. The number of anilines is 1. The molecule has 0 bridgehead atoms. The van der Waals surface area contributed by atoms with E-state index < -0.39 is 30.6 Å². The molecule has 0 atom stereocenters. The minimum atomic E-state index is -2.98. The number of benzene rings is 1. The number of amides is 1. The SMILES string of the molecule is COc1cc(CC(F)(F)CN)ccc1NC(=O)OC(C)(C)C. The Kier molecular flexibility index (Phi) is 5.71. The van der Waals surface area contributed by atoms with Crippen LogP contribution in [0.2, 0.25) is 0 Å². The number of halogens is 2. The molecule has 0 fully saturated rings. The third-order valence-corrected chi connectivity index (χ3v) is 2.66. The lowest BCUT2D eigenvalue weighted by molar-refractivity contribution is 0.0114. The highest BCUT2D eigenvalue weighted by Gasteiger charge is 2.27. The number of carbonyl (C=O) groups is 1. The van der Waals surface area contributed by atoms with Crippen LogP contribution in [0.25, 0.3) is 0 Å². The smallest absolute Gasteiger partial charge is 0.412 e. The van der Waals surface area contributed by atoms with Crippen molar-refractivity contribution >= 4 is 11.8 Å². The van der Waals surface area contributed by atoms with Crippen molar-refractivity contribution < 1.29 is 23.0 Å². The second-order valence-corrected chi connectivity index (χ2v) is 5.90. The van der Waals surface area contributed by atoms with Crippen molar-refractivity contribution in [3.63, 3.8) is 0 Å². The van der Waals surface area contributed by atoms with E-state index in [1.54, 1.807) is 20.8 Å². The average molecular weight is 316 g/mol. The summed E-state index contributed by atoms with van der Waals surface area (Å²) in [6.07, 6.45) is -1.14. The van der Waals surface area contributed by atoms with Gasteiger partial charge in [-0.25, -0.2) is 13.6 Å². The van der Waals surface area contributed by atoms with E-state index in [-0.39, 0.29) is 5.75 Å². The summed E-state index contributed by atoms with van der Waals surface area (Å²) in [6, 6.07) is 4.42. The van der Waals surface area contributed by atoms with Crippen LogP contribution in [0.5, 0.6) is 5.75 Å². The van der Waals surface area contributed by atoms with Crippen LogP contribution in [0.1, 0.15) is 26.3 Å². The van der Waals surface area contributed by atoms with Crippen molar-refractivity contribution in [1.82, 2.24) is 0 Å². The number of methoxy groups -OCH3 is 1. The van der Waals surface area contributed by atoms with Crippen LogP contribution in [0.4, 0.5) is 19.3 Å². The molecule has 1 rings (SSSR count). The fraction of sp³-hybridized carbons (Fsp3) is 0.533. The predicted molar refractivity (Wildman–Crippen MR) is 80.6 cm³/mol. The van der Waals surface area contributed by atoms with Gasteiger partial charge in [-0.2, -0.15) is 0 Å². The molecule has 5 nitrogen and oxygen atoms in total. The molecule has 3 N–H and O–H groups in total. The maximum atomic E-state index is 13.3. The van der Waals surface area contributed by atoms with E-state index in [0.717, 1.165) is 0 Å². The Labute approximate surface area is 128 Å². The summed E-state index contributed by atoms with van der Waals surface area (Å²) in [5.41, 5.74) is 5.09. The lowest BCUT2D eigenvalue weighted by Crippen LogP contribution is -2.30. The first-order valence-electron chi connectivity index (χ1n) is 6.81. The van der Waals surface area contributed by atoms with Gasteiger partial charge in [0.25, 0.3) is 5.92 Å². The number of rotatable bonds is 5. The number of nitrogens with one attached hydrogen (secondary N) is 1. The van der Waals surface area contributed by atoms with Gasteiger partial charge < -0.3 is 15.2 Å². The topological polar surface area (TPSA) is 73.6 Å². The Balaban J connectivity index is 2.88. The Bertz CT molecular complexity index is 528. The van der Waals surface area contributed by atoms with Crippen LogP contribution in [-0.2, 0) is 11.2 Å². The quantitative estimate of drug-likeness (QED) is 0.875. The van der Waals surface area contributed by atoms with Gasteiger partial charge >= 0.3 is 6.09 Å². The van der Waals surface area contributed by atoms with Crippen molar-refractivity contribution in [2.75, 3.05) is 19.0 Å². The maximum absolute atomic E-state index is 13.3. The normalized spacial score (nSPS) is 12.0. The predicted octanol–water partition coefficient (Wildman–Crippen LogP) is 3.18.